The lowest BCUT2D eigenvalue weighted by molar-refractivity contribution is 0.0940. The predicted octanol–water partition coefficient (Wildman–Crippen LogP) is 2.88. The number of carbonyl (C=O) groups excluding carboxylic acids is 1. The molecule has 23 heavy (non-hydrogen) atoms. The largest absolute Gasteiger partial charge is 0.361 e. The van der Waals surface area contributed by atoms with Gasteiger partial charge < -0.3 is 9.84 Å². The summed E-state index contributed by atoms with van der Waals surface area (Å²) in [5.74, 6) is 0.369. The van der Waals surface area contributed by atoms with Gasteiger partial charge in [-0.15, -0.1) is 11.3 Å². The Bertz CT molecular complexity index is 804. The van der Waals surface area contributed by atoms with Gasteiger partial charge in [0, 0.05) is 23.2 Å². The van der Waals surface area contributed by atoms with E-state index >= 15 is 0 Å². The van der Waals surface area contributed by atoms with Crippen molar-refractivity contribution >= 4 is 17.2 Å². The fraction of sp³-hybridized carbons (Fsp3) is 0.312. The van der Waals surface area contributed by atoms with E-state index in [0.29, 0.717) is 18.0 Å². The number of amides is 1. The number of nitrogens with one attached hydrogen (secondary N) is 1. The molecular formula is C16H18N4O2S. The van der Waals surface area contributed by atoms with Gasteiger partial charge in [0.2, 0.25) is 0 Å². The van der Waals surface area contributed by atoms with Gasteiger partial charge in [0.25, 0.3) is 5.91 Å². The zero-order chi connectivity index (χ0) is 16.4. The quantitative estimate of drug-likeness (QED) is 0.781. The van der Waals surface area contributed by atoms with Crippen LogP contribution in [0.5, 0.6) is 0 Å². The maximum atomic E-state index is 12.2. The first-order chi connectivity index (χ1) is 11.0. The van der Waals surface area contributed by atoms with Crippen molar-refractivity contribution in [1.82, 2.24) is 20.3 Å². The Morgan fingerprint density at radius 1 is 1.39 bits per heavy atom. The van der Waals surface area contributed by atoms with Crippen LogP contribution in [0.15, 0.2) is 34.2 Å². The average molecular weight is 330 g/mol. The molecule has 0 bridgehead atoms. The van der Waals surface area contributed by atoms with E-state index in [4.69, 9.17) is 4.52 Å². The smallest absolute Gasteiger partial charge is 0.273 e. The van der Waals surface area contributed by atoms with Crippen LogP contribution in [0.1, 0.15) is 38.6 Å². The summed E-state index contributed by atoms with van der Waals surface area (Å²) in [7, 11) is 0. The standard InChI is InChI=1S/C16H18N4O2S/c1-10-7-11(2)20(18-10)14(15-5-4-6-23-15)9-17-16(21)13-8-12(3)22-19-13/h4-8,14H,9H2,1-3H3,(H,17,21)/t14-/m0/s1. The Labute approximate surface area is 138 Å². The van der Waals surface area contributed by atoms with Gasteiger partial charge in [-0.1, -0.05) is 11.2 Å². The summed E-state index contributed by atoms with van der Waals surface area (Å²) in [6.45, 7) is 6.18. The van der Waals surface area contributed by atoms with Crippen molar-refractivity contribution in [3.05, 3.63) is 57.4 Å². The molecule has 6 nitrogen and oxygen atoms in total. The van der Waals surface area contributed by atoms with Gasteiger partial charge in [-0.05, 0) is 38.3 Å². The molecule has 0 spiro atoms. The van der Waals surface area contributed by atoms with Gasteiger partial charge in [-0.2, -0.15) is 5.10 Å². The Morgan fingerprint density at radius 2 is 2.22 bits per heavy atom. The second kappa shape index (κ2) is 6.37. The van der Waals surface area contributed by atoms with Crippen molar-refractivity contribution in [3.8, 4) is 0 Å². The Morgan fingerprint density at radius 3 is 2.78 bits per heavy atom. The van der Waals surface area contributed by atoms with Crippen molar-refractivity contribution in [2.45, 2.75) is 26.8 Å². The number of rotatable bonds is 5. The molecule has 7 heteroatoms. The summed E-state index contributed by atoms with van der Waals surface area (Å²) in [6, 6.07) is 7.67. The lowest BCUT2D eigenvalue weighted by atomic mass is 10.2. The lowest BCUT2D eigenvalue weighted by Crippen LogP contribution is -2.32. The second-order valence-corrected chi connectivity index (χ2v) is 6.41. The van der Waals surface area contributed by atoms with Crippen LogP contribution in [0.25, 0.3) is 0 Å². The second-order valence-electron chi connectivity index (χ2n) is 5.44. The van der Waals surface area contributed by atoms with Gasteiger partial charge in [0.15, 0.2) is 5.69 Å². The minimum Gasteiger partial charge on any atom is -0.361 e. The molecule has 1 N–H and O–H groups in total. The molecule has 0 unspecified atom stereocenters. The van der Waals surface area contributed by atoms with E-state index < -0.39 is 0 Å². The van der Waals surface area contributed by atoms with Crippen molar-refractivity contribution < 1.29 is 9.32 Å². The summed E-state index contributed by atoms with van der Waals surface area (Å²) in [6.07, 6.45) is 0. The van der Waals surface area contributed by atoms with E-state index in [1.54, 1.807) is 24.3 Å². The van der Waals surface area contributed by atoms with E-state index in [2.05, 4.69) is 21.6 Å². The monoisotopic (exact) mass is 330 g/mol. The zero-order valence-corrected chi connectivity index (χ0v) is 14.1. The summed E-state index contributed by atoms with van der Waals surface area (Å²) in [5, 5.41) is 13.2. The number of nitrogens with zero attached hydrogens (tertiary/aromatic N) is 3. The fourth-order valence-electron chi connectivity index (χ4n) is 2.50. The van der Waals surface area contributed by atoms with Crippen LogP contribution < -0.4 is 5.32 Å². The molecule has 0 fully saturated rings. The van der Waals surface area contributed by atoms with E-state index in [1.165, 1.54) is 0 Å². The van der Waals surface area contributed by atoms with Crippen LogP contribution in [0.3, 0.4) is 0 Å². The number of hydrogen-bond acceptors (Lipinski definition) is 5. The predicted molar refractivity (Wildman–Crippen MR) is 87.7 cm³/mol. The normalized spacial score (nSPS) is 12.3. The highest BCUT2D eigenvalue weighted by Gasteiger charge is 2.20. The maximum absolute atomic E-state index is 12.2. The van der Waals surface area contributed by atoms with Gasteiger partial charge in [0.1, 0.15) is 11.8 Å². The number of thiophene rings is 1. The Balaban J connectivity index is 1.80. The van der Waals surface area contributed by atoms with Crippen LogP contribution in [-0.4, -0.2) is 27.4 Å². The highest BCUT2D eigenvalue weighted by atomic mass is 32.1. The Hall–Kier alpha value is -2.41. The minimum absolute atomic E-state index is 0.0411. The number of carbonyl (C=O) groups is 1. The molecule has 3 aromatic heterocycles. The third-order valence-corrected chi connectivity index (χ3v) is 4.50. The van der Waals surface area contributed by atoms with Gasteiger partial charge in [-0.25, -0.2) is 0 Å². The van der Waals surface area contributed by atoms with Crippen molar-refractivity contribution in [2.24, 2.45) is 0 Å². The minimum atomic E-state index is -0.245. The zero-order valence-electron chi connectivity index (χ0n) is 13.2. The molecule has 0 aliphatic heterocycles. The van der Waals surface area contributed by atoms with Gasteiger partial charge in [-0.3, -0.25) is 9.48 Å². The van der Waals surface area contributed by atoms with E-state index in [0.717, 1.165) is 16.3 Å². The summed E-state index contributed by atoms with van der Waals surface area (Å²) < 4.78 is 6.90. The third kappa shape index (κ3) is 3.34. The highest BCUT2D eigenvalue weighted by molar-refractivity contribution is 7.10. The van der Waals surface area contributed by atoms with Crippen LogP contribution in [0.2, 0.25) is 0 Å². The average Bonchev–Trinajstić information content (AvgIpc) is 3.22. The molecule has 1 amide bonds. The fourth-order valence-corrected chi connectivity index (χ4v) is 3.32. The van der Waals surface area contributed by atoms with Crippen molar-refractivity contribution in [2.75, 3.05) is 6.54 Å². The van der Waals surface area contributed by atoms with Crippen LogP contribution in [0.4, 0.5) is 0 Å². The van der Waals surface area contributed by atoms with Gasteiger partial charge in [0.05, 0.1) is 5.69 Å². The number of hydrogen-bond donors (Lipinski definition) is 1. The van der Waals surface area contributed by atoms with Crippen LogP contribution >= 0.6 is 11.3 Å². The molecule has 0 aliphatic rings. The maximum Gasteiger partial charge on any atom is 0.273 e. The van der Waals surface area contributed by atoms with Gasteiger partial charge >= 0.3 is 0 Å². The lowest BCUT2D eigenvalue weighted by Gasteiger charge is -2.18. The number of aryl methyl sites for hydroxylation is 3. The summed E-state index contributed by atoms with van der Waals surface area (Å²) in [5.41, 5.74) is 2.32. The van der Waals surface area contributed by atoms with Crippen LogP contribution in [0, 0.1) is 20.8 Å². The van der Waals surface area contributed by atoms with E-state index in [9.17, 15) is 4.79 Å². The molecular weight excluding hydrogens is 312 g/mol. The van der Waals surface area contributed by atoms with Crippen LogP contribution in [-0.2, 0) is 0 Å². The van der Waals surface area contributed by atoms with Crippen molar-refractivity contribution in [1.29, 1.82) is 0 Å². The number of aromatic nitrogens is 3. The Kier molecular flexibility index (Phi) is 4.29. The molecule has 3 heterocycles. The molecule has 3 rings (SSSR count). The molecule has 0 aliphatic carbocycles. The highest BCUT2D eigenvalue weighted by Crippen LogP contribution is 2.24. The SMILES string of the molecule is Cc1cc(C)n([C@@H](CNC(=O)c2cc(C)on2)c2cccs2)n1. The molecule has 3 aromatic rings. The molecule has 1 atom stereocenters. The summed E-state index contributed by atoms with van der Waals surface area (Å²) >= 11 is 1.65. The summed E-state index contributed by atoms with van der Waals surface area (Å²) in [4.78, 5) is 13.3. The van der Waals surface area contributed by atoms with E-state index in [1.807, 2.05) is 36.0 Å². The first kappa shape index (κ1) is 15.5. The molecule has 0 radical (unpaired) electrons. The molecule has 0 aromatic carbocycles. The molecule has 120 valence electrons. The molecule has 0 saturated carbocycles. The van der Waals surface area contributed by atoms with E-state index in [-0.39, 0.29) is 11.9 Å². The third-order valence-electron chi connectivity index (χ3n) is 3.53. The van der Waals surface area contributed by atoms with Crippen molar-refractivity contribution in [3.63, 3.8) is 0 Å². The topological polar surface area (TPSA) is 73.0 Å². The molecule has 0 saturated heterocycles. The first-order valence-electron chi connectivity index (χ1n) is 7.32. The first-order valence-corrected chi connectivity index (χ1v) is 8.20.